The maximum Gasteiger partial charge on any atom is 0.251 e. The summed E-state index contributed by atoms with van der Waals surface area (Å²) < 4.78 is 4.80. The number of nitrogens with two attached hydrogens (primary N) is 1. The largest absolute Gasteiger partial charge is 0.398 e. The van der Waals surface area contributed by atoms with Crippen molar-refractivity contribution in [1.29, 1.82) is 0 Å². The van der Waals surface area contributed by atoms with Crippen molar-refractivity contribution in [3.8, 4) is 0 Å². The lowest BCUT2D eigenvalue weighted by atomic mass is 10.1. The molecule has 0 saturated heterocycles. The van der Waals surface area contributed by atoms with Gasteiger partial charge in [0, 0.05) is 24.9 Å². The molecule has 0 fully saturated rings. The second kappa shape index (κ2) is 6.98. The quantitative estimate of drug-likeness (QED) is 0.651. The molecule has 1 aromatic carbocycles. The van der Waals surface area contributed by atoms with Crippen LogP contribution in [0.1, 0.15) is 22.3 Å². The highest BCUT2D eigenvalue weighted by Gasteiger charge is 2.08. The van der Waals surface area contributed by atoms with Crippen molar-refractivity contribution in [1.82, 2.24) is 5.32 Å². The topological polar surface area (TPSA) is 84.6 Å². The van der Waals surface area contributed by atoms with E-state index in [1.165, 1.54) is 7.11 Å². The van der Waals surface area contributed by atoms with Crippen LogP contribution >= 0.6 is 0 Å². The SMILES string of the molecule is COCC(O)CCNC(=O)c1ccc(C)c(N)c1. The number of benzene rings is 1. The van der Waals surface area contributed by atoms with Crippen LogP contribution in [0.5, 0.6) is 0 Å². The summed E-state index contributed by atoms with van der Waals surface area (Å²) in [5.41, 5.74) is 7.81. The number of aliphatic hydroxyl groups excluding tert-OH is 1. The lowest BCUT2D eigenvalue weighted by Crippen LogP contribution is -2.28. The molecule has 0 heterocycles. The van der Waals surface area contributed by atoms with Gasteiger partial charge in [-0.25, -0.2) is 0 Å². The summed E-state index contributed by atoms with van der Waals surface area (Å²) in [4.78, 5) is 11.8. The summed E-state index contributed by atoms with van der Waals surface area (Å²) in [6, 6.07) is 5.19. The number of nitrogen functional groups attached to an aromatic ring is 1. The van der Waals surface area contributed by atoms with E-state index >= 15 is 0 Å². The second-order valence-electron chi connectivity index (χ2n) is 4.23. The first kappa shape index (κ1) is 14.5. The third-order valence-electron chi connectivity index (χ3n) is 2.66. The molecule has 0 bridgehead atoms. The van der Waals surface area contributed by atoms with Crippen LogP contribution in [-0.4, -0.2) is 37.4 Å². The first-order chi connectivity index (χ1) is 8.54. The Morgan fingerprint density at radius 1 is 1.56 bits per heavy atom. The minimum atomic E-state index is -0.557. The third-order valence-corrected chi connectivity index (χ3v) is 2.66. The lowest BCUT2D eigenvalue weighted by molar-refractivity contribution is 0.0587. The van der Waals surface area contributed by atoms with E-state index in [4.69, 9.17) is 10.5 Å². The average Bonchev–Trinajstić information content (AvgIpc) is 2.33. The summed E-state index contributed by atoms with van der Waals surface area (Å²) >= 11 is 0. The molecule has 5 heteroatoms. The molecule has 1 aromatic rings. The summed E-state index contributed by atoms with van der Waals surface area (Å²) in [5, 5.41) is 12.1. The Labute approximate surface area is 107 Å². The number of hydrogen-bond donors (Lipinski definition) is 3. The molecule has 0 spiro atoms. The van der Waals surface area contributed by atoms with E-state index in [9.17, 15) is 9.90 Å². The van der Waals surface area contributed by atoms with Crippen LogP contribution in [0, 0.1) is 6.92 Å². The van der Waals surface area contributed by atoms with E-state index in [-0.39, 0.29) is 12.5 Å². The van der Waals surface area contributed by atoms with Crippen LogP contribution in [0.2, 0.25) is 0 Å². The van der Waals surface area contributed by atoms with E-state index in [1.807, 2.05) is 13.0 Å². The zero-order valence-electron chi connectivity index (χ0n) is 10.8. The molecule has 0 aliphatic rings. The van der Waals surface area contributed by atoms with Gasteiger partial charge in [-0.3, -0.25) is 4.79 Å². The molecule has 0 aliphatic heterocycles. The molecule has 18 heavy (non-hydrogen) atoms. The number of carbonyl (C=O) groups is 1. The van der Waals surface area contributed by atoms with E-state index in [2.05, 4.69) is 5.32 Å². The van der Waals surface area contributed by atoms with Gasteiger partial charge in [-0.15, -0.1) is 0 Å². The molecule has 4 N–H and O–H groups in total. The summed E-state index contributed by atoms with van der Waals surface area (Å²) in [5.74, 6) is -0.189. The van der Waals surface area contributed by atoms with Crippen molar-refractivity contribution in [3.63, 3.8) is 0 Å². The van der Waals surface area contributed by atoms with Gasteiger partial charge in [-0.2, -0.15) is 0 Å². The highest BCUT2D eigenvalue weighted by Crippen LogP contribution is 2.12. The first-order valence-corrected chi connectivity index (χ1v) is 5.86. The number of ether oxygens (including phenoxy) is 1. The molecular formula is C13H20N2O3. The van der Waals surface area contributed by atoms with E-state index in [0.717, 1.165) is 5.56 Å². The number of anilines is 1. The fourth-order valence-corrected chi connectivity index (χ4v) is 1.51. The van der Waals surface area contributed by atoms with Gasteiger partial charge in [0.05, 0.1) is 12.7 Å². The van der Waals surface area contributed by atoms with Crippen molar-refractivity contribution in [2.24, 2.45) is 0 Å². The maximum absolute atomic E-state index is 11.8. The molecular weight excluding hydrogens is 232 g/mol. The number of carbonyl (C=O) groups excluding carboxylic acids is 1. The van der Waals surface area contributed by atoms with Crippen LogP contribution in [-0.2, 0) is 4.74 Å². The molecule has 100 valence electrons. The maximum atomic E-state index is 11.8. The van der Waals surface area contributed by atoms with Crippen molar-refractivity contribution >= 4 is 11.6 Å². The van der Waals surface area contributed by atoms with Gasteiger partial charge in [-0.05, 0) is 31.0 Å². The van der Waals surface area contributed by atoms with E-state index in [0.29, 0.717) is 24.2 Å². The molecule has 5 nitrogen and oxygen atoms in total. The van der Waals surface area contributed by atoms with E-state index < -0.39 is 6.10 Å². The summed E-state index contributed by atoms with van der Waals surface area (Å²) in [6.45, 7) is 2.56. The Morgan fingerprint density at radius 3 is 2.89 bits per heavy atom. The zero-order chi connectivity index (χ0) is 13.5. The molecule has 1 unspecified atom stereocenters. The average molecular weight is 252 g/mol. The Kier molecular flexibility index (Phi) is 5.61. The van der Waals surface area contributed by atoms with Gasteiger partial charge >= 0.3 is 0 Å². The smallest absolute Gasteiger partial charge is 0.251 e. The molecule has 0 saturated carbocycles. The standard InChI is InChI=1S/C13H20N2O3/c1-9-3-4-10(7-12(9)14)13(17)15-6-5-11(16)8-18-2/h3-4,7,11,16H,5-6,8,14H2,1-2H3,(H,15,17). The minimum absolute atomic E-state index is 0.189. The van der Waals surface area contributed by atoms with Gasteiger partial charge in [0.25, 0.3) is 5.91 Å². The minimum Gasteiger partial charge on any atom is -0.398 e. The van der Waals surface area contributed by atoms with Crippen LogP contribution in [0.4, 0.5) is 5.69 Å². The van der Waals surface area contributed by atoms with Crippen LogP contribution in [0.3, 0.4) is 0 Å². The van der Waals surface area contributed by atoms with Crippen molar-refractivity contribution in [2.75, 3.05) is 26.0 Å². The first-order valence-electron chi connectivity index (χ1n) is 5.86. The Morgan fingerprint density at radius 2 is 2.28 bits per heavy atom. The summed E-state index contributed by atoms with van der Waals surface area (Å²) in [7, 11) is 1.52. The molecule has 1 amide bonds. The highest BCUT2D eigenvalue weighted by molar-refractivity contribution is 5.95. The molecule has 0 radical (unpaired) electrons. The number of hydrogen-bond acceptors (Lipinski definition) is 4. The monoisotopic (exact) mass is 252 g/mol. The van der Waals surface area contributed by atoms with Crippen LogP contribution < -0.4 is 11.1 Å². The van der Waals surface area contributed by atoms with Crippen LogP contribution in [0.15, 0.2) is 18.2 Å². The number of aryl methyl sites for hydroxylation is 1. The number of nitrogens with one attached hydrogen (secondary N) is 1. The van der Waals surface area contributed by atoms with Crippen LogP contribution in [0.25, 0.3) is 0 Å². The number of aliphatic hydroxyl groups is 1. The van der Waals surface area contributed by atoms with Gasteiger partial charge in [0.1, 0.15) is 0 Å². The van der Waals surface area contributed by atoms with Gasteiger partial charge in [0.2, 0.25) is 0 Å². The Bertz CT molecular complexity index is 407. The third kappa shape index (κ3) is 4.35. The fourth-order valence-electron chi connectivity index (χ4n) is 1.51. The van der Waals surface area contributed by atoms with Crippen molar-refractivity contribution < 1.29 is 14.6 Å². The Hall–Kier alpha value is -1.59. The normalized spacial score (nSPS) is 12.2. The van der Waals surface area contributed by atoms with Crippen molar-refractivity contribution in [2.45, 2.75) is 19.4 Å². The van der Waals surface area contributed by atoms with Crippen molar-refractivity contribution in [3.05, 3.63) is 29.3 Å². The zero-order valence-corrected chi connectivity index (χ0v) is 10.8. The molecule has 0 aromatic heterocycles. The second-order valence-corrected chi connectivity index (χ2v) is 4.23. The van der Waals surface area contributed by atoms with Gasteiger partial charge in [-0.1, -0.05) is 6.07 Å². The number of amides is 1. The van der Waals surface area contributed by atoms with Gasteiger partial charge in [0.15, 0.2) is 0 Å². The predicted molar refractivity (Wildman–Crippen MR) is 70.4 cm³/mol. The molecule has 1 atom stereocenters. The number of methoxy groups -OCH3 is 1. The predicted octanol–water partition coefficient (Wildman–Crippen LogP) is 0.704. The van der Waals surface area contributed by atoms with E-state index in [1.54, 1.807) is 12.1 Å². The lowest BCUT2D eigenvalue weighted by Gasteiger charge is -2.10. The molecule has 0 aliphatic carbocycles. The summed E-state index contributed by atoms with van der Waals surface area (Å²) in [6.07, 6.45) is -0.0978. The molecule has 1 rings (SSSR count). The number of rotatable bonds is 6. The Balaban J connectivity index is 2.43. The fraction of sp³-hybridized carbons (Fsp3) is 0.462. The van der Waals surface area contributed by atoms with Gasteiger partial charge < -0.3 is 20.9 Å². The highest BCUT2D eigenvalue weighted by atomic mass is 16.5.